The SMILES string of the molecule is CCOC(=O)C(CC(=O)O)C(=O)c1ccc(Cl)cc1. The molecule has 5 nitrogen and oxygen atoms in total. The molecule has 0 radical (unpaired) electrons. The van der Waals surface area contributed by atoms with Crippen LogP contribution in [0.25, 0.3) is 0 Å². The summed E-state index contributed by atoms with van der Waals surface area (Å²) in [5.74, 6) is -3.98. The van der Waals surface area contributed by atoms with Crippen molar-refractivity contribution in [3.8, 4) is 0 Å². The monoisotopic (exact) mass is 284 g/mol. The molecule has 0 amide bonds. The molecule has 0 aliphatic heterocycles. The summed E-state index contributed by atoms with van der Waals surface area (Å²) in [4.78, 5) is 34.5. The average Bonchev–Trinajstić information content (AvgIpc) is 2.36. The van der Waals surface area contributed by atoms with Gasteiger partial charge >= 0.3 is 11.9 Å². The Morgan fingerprint density at radius 3 is 2.32 bits per heavy atom. The van der Waals surface area contributed by atoms with Crippen LogP contribution >= 0.6 is 11.6 Å². The smallest absolute Gasteiger partial charge is 0.317 e. The van der Waals surface area contributed by atoms with E-state index in [9.17, 15) is 14.4 Å². The Kier molecular flexibility index (Phi) is 5.51. The number of benzene rings is 1. The number of hydrogen-bond donors (Lipinski definition) is 1. The van der Waals surface area contributed by atoms with E-state index in [1.54, 1.807) is 6.92 Å². The topological polar surface area (TPSA) is 80.7 Å². The van der Waals surface area contributed by atoms with Gasteiger partial charge in [-0.1, -0.05) is 11.6 Å². The molecule has 0 spiro atoms. The molecule has 0 fully saturated rings. The van der Waals surface area contributed by atoms with Crippen LogP contribution in [0.4, 0.5) is 0 Å². The molecule has 0 saturated heterocycles. The normalized spacial score (nSPS) is 11.7. The van der Waals surface area contributed by atoms with Gasteiger partial charge in [-0.3, -0.25) is 14.4 Å². The highest BCUT2D eigenvalue weighted by molar-refractivity contribution is 6.30. The summed E-state index contributed by atoms with van der Waals surface area (Å²) in [6.07, 6.45) is -0.597. The van der Waals surface area contributed by atoms with Gasteiger partial charge in [0.25, 0.3) is 0 Å². The maximum absolute atomic E-state index is 12.1. The molecule has 1 N–H and O–H groups in total. The maximum Gasteiger partial charge on any atom is 0.317 e. The number of carboxylic acids is 1. The van der Waals surface area contributed by atoms with Gasteiger partial charge in [0.15, 0.2) is 5.78 Å². The van der Waals surface area contributed by atoms with Crippen LogP contribution < -0.4 is 0 Å². The van der Waals surface area contributed by atoms with E-state index >= 15 is 0 Å². The Morgan fingerprint density at radius 1 is 1.26 bits per heavy atom. The van der Waals surface area contributed by atoms with Crippen molar-refractivity contribution in [2.75, 3.05) is 6.61 Å². The Hall–Kier alpha value is -1.88. The van der Waals surface area contributed by atoms with E-state index in [1.807, 2.05) is 0 Å². The van der Waals surface area contributed by atoms with E-state index < -0.39 is 30.1 Å². The number of aliphatic carboxylic acids is 1. The minimum atomic E-state index is -1.33. The van der Waals surface area contributed by atoms with Gasteiger partial charge in [-0.05, 0) is 31.2 Å². The molecule has 0 saturated carbocycles. The van der Waals surface area contributed by atoms with Crippen LogP contribution in [0.1, 0.15) is 23.7 Å². The molecule has 102 valence electrons. The number of rotatable bonds is 6. The Morgan fingerprint density at radius 2 is 1.84 bits per heavy atom. The largest absolute Gasteiger partial charge is 0.481 e. The number of esters is 1. The summed E-state index contributed by atoms with van der Waals surface area (Å²) < 4.78 is 4.72. The number of ketones is 1. The van der Waals surface area contributed by atoms with Crippen molar-refractivity contribution < 1.29 is 24.2 Å². The molecule has 1 unspecified atom stereocenters. The standard InChI is InChI=1S/C13H13ClO5/c1-2-19-13(18)10(7-11(15)16)12(17)8-3-5-9(14)6-4-8/h3-6,10H,2,7H2,1H3,(H,15,16). The van der Waals surface area contributed by atoms with Crippen molar-refractivity contribution in [2.24, 2.45) is 5.92 Å². The fraction of sp³-hybridized carbons (Fsp3) is 0.308. The van der Waals surface area contributed by atoms with Crippen LogP contribution in [0, 0.1) is 5.92 Å². The first-order valence-electron chi connectivity index (χ1n) is 5.64. The minimum Gasteiger partial charge on any atom is -0.481 e. The van der Waals surface area contributed by atoms with E-state index in [0.717, 1.165) is 0 Å². The third-order valence-electron chi connectivity index (χ3n) is 2.40. The van der Waals surface area contributed by atoms with Crippen molar-refractivity contribution in [3.05, 3.63) is 34.9 Å². The third-order valence-corrected chi connectivity index (χ3v) is 2.65. The van der Waals surface area contributed by atoms with Gasteiger partial charge in [-0.25, -0.2) is 0 Å². The summed E-state index contributed by atoms with van der Waals surface area (Å²) in [5, 5.41) is 9.21. The van der Waals surface area contributed by atoms with E-state index in [4.69, 9.17) is 21.4 Å². The first-order valence-corrected chi connectivity index (χ1v) is 6.01. The number of hydrogen-bond acceptors (Lipinski definition) is 4. The molecular weight excluding hydrogens is 272 g/mol. The number of ether oxygens (including phenoxy) is 1. The molecule has 0 heterocycles. The Balaban J connectivity index is 2.96. The Bertz CT molecular complexity index is 480. The lowest BCUT2D eigenvalue weighted by Gasteiger charge is -2.12. The number of carboxylic acid groups (broad SMARTS) is 1. The van der Waals surface area contributed by atoms with Gasteiger partial charge in [-0.15, -0.1) is 0 Å². The lowest BCUT2D eigenvalue weighted by molar-refractivity contribution is -0.150. The van der Waals surface area contributed by atoms with E-state index in [1.165, 1.54) is 24.3 Å². The van der Waals surface area contributed by atoms with Crippen LogP contribution in [0.3, 0.4) is 0 Å². The number of halogens is 1. The van der Waals surface area contributed by atoms with Crippen LogP contribution in [0.2, 0.25) is 5.02 Å². The van der Waals surface area contributed by atoms with E-state index in [2.05, 4.69) is 0 Å². The quantitative estimate of drug-likeness (QED) is 0.492. The summed E-state index contributed by atoms with van der Waals surface area (Å²) in [6.45, 7) is 1.67. The third kappa shape index (κ3) is 4.37. The van der Waals surface area contributed by atoms with Crippen LogP contribution in [-0.4, -0.2) is 29.4 Å². The zero-order valence-corrected chi connectivity index (χ0v) is 11.0. The minimum absolute atomic E-state index is 0.0862. The first-order chi connectivity index (χ1) is 8.95. The number of carbonyl (C=O) groups is 3. The molecule has 1 aromatic carbocycles. The van der Waals surface area contributed by atoms with E-state index in [-0.39, 0.29) is 12.2 Å². The molecule has 1 rings (SSSR count). The van der Waals surface area contributed by atoms with Crippen molar-refractivity contribution in [1.29, 1.82) is 0 Å². The fourth-order valence-electron chi connectivity index (χ4n) is 1.52. The van der Waals surface area contributed by atoms with Gasteiger partial charge in [0.2, 0.25) is 0 Å². The molecule has 19 heavy (non-hydrogen) atoms. The second-order valence-corrected chi connectivity index (χ2v) is 4.21. The molecule has 0 bridgehead atoms. The highest BCUT2D eigenvalue weighted by Gasteiger charge is 2.31. The molecular formula is C13H13ClO5. The molecule has 1 atom stereocenters. The lowest BCUT2D eigenvalue weighted by atomic mass is 9.94. The van der Waals surface area contributed by atoms with Crippen LogP contribution in [-0.2, 0) is 14.3 Å². The van der Waals surface area contributed by atoms with Crippen molar-refractivity contribution >= 4 is 29.3 Å². The second-order valence-electron chi connectivity index (χ2n) is 3.77. The zero-order chi connectivity index (χ0) is 14.4. The zero-order valence-electron chi connectivity index (χ0n) is 10.3. The summed E-state index contributed by atoms with van der Waals surface area (Å²) in [7, 11) is 0. The average molecular weight is 285 g/mol. The van der Waals surface area contributed by atoms with Crippen molar-refractivity contribution in [1.82, 2.24) is 0 Å². The predicted molar refractivity (Wildman–Crippen MR) is 68.2 cm³/mol. The number of Topliss-reactive ketones (excluding diaryl/α,β-unsaturated/α-hetero) is 1. The molecule has 0 aliphatic carbocycles. The van der Waals surface area contributed by atoms with E-state index in [0.29, 0.717) is 5.02 Å². The number of carbonyl (C=O) groups excluding carboxylic acids is 2. The van der Waals surface area contributed by atoms with Gasteiger partial charge in [-0.2, -0.15) is 0 Å². The predicted octanol–water partition coefficient (Wildman–Crippen LogP) is 2.18. The van der Waals surface area contributed by atoms with Crippen LogP contribution in [0.15, 0.2) is 24.3 Å². The molecule has 0 aromatic heterocycles. The fourth-order valence-corrected chi connectivity index (χ4v) is 1.64. The molecule has 0 aliphatic rings. The van der Waals surface area contributed by atoms with Crippen molar-refractivity contribution in [3.63, 3.8) is 0 Å². The summed E-state index contributed by atoms with van der Waals surface area (Å²) in [5.41, 5.74) is 0.226. The highest BCUT2D eigenvalue weighted by Crippen LogP contribution is 2.17. The Labute approximate surface area is 115 Å². The van der Waals surface area contributed by atoms with Gasteiger partial charge in [0.1, 0.15) is 5.92 Å². The molecule has 6 heteroatoms. The summed E-state index contributed by atoms with van der Waals surface area (Å²) in [6, 6.07) is 5.88. The highest BCUT2D eigenvalue weighted by atomic mass is 35.5. The maximum atomic E-state index is 12.1. The van der Waals surface area contributed by atoms with Gasteiger partial charge < -0.3 is 9.84 Å². The summed E-state index contributed by atoms with van der Waals surface area (Å²) >= 11 is 5.70. The molecule has 1 aromatic rings. The second kappa shape index (κ2) is 6.89. The van der Waals surface area contributed by atoms with Gasteiger partial charge in [0, 0.05) is 10.6 Å². The van der Waals surface area contributed by atoms with Crippen molar-refractivity contribution in [2.45, 2.75) is 13.3 Å². The van der Waals surface area contributed by atoms with Crippen LogP contribution in [0.5, 0.6) is 0 Å². The first kappa shape index (κ1) is 15.2. The van der Waals surface area contributed by atoms with Gasteiger partial charge in [0.05, 0.1) is 13.0 Å². The lowest BCUT2D eigenvalue weighted by Crippen LogP contribution is -2.28.